The van der Waals surface area contributed by atoms with Crippen molar-refractivity contribution >= 4 is 10.9 Å². The number of aromatic nitrogens is 1. The molecule has 1 N–H and O–H groups in total. The molecular formula is C28H34N2O3. The van der Waals surface area contributed by atoms with E-state index in [1.165, 1.54) is 17.5 Å². The van der Waals surface area contributed by atoms with Crippen LogP contribution in [0.3, 0.4) is 0 Å². The third-order valence-corrected chi connectivity index (χ3v) is 7.16. The maximum atomic E-state index is 13.7. The Kier molecular flexibility index (Phi) is 6.02. The van der Waals surface area contributed by atoms with E-state index >= 15 is 0 Å². The molecule has 0 radical (unpaired) electrons. The van der Waals surface area contributed by atoms with E-state index in [2.05, 4.69) is 37.4 Å². The lowest BCUT2D eigenvalue weighted by atomic mass is 9.94. The van der Waals surface area contributed by atoms with Gasteiger partial charge < -0.3 is 19.4 Å². The third kappa shape index (κ3) is 4.71. The quantitative estimate of drug-likeness (QED) is 0.602. The Hall–Kier alpha value is -2.63. The van der Waals surface area contributed by atoms with Gasteiger partial charge in [0.1, 0.15) is 5.75 Å². The highest BCUT2D eigenvalue weighted by atomic mass is 16.5. The van der Waals surface area contributed by atoms with Gasteiger partial charge in [0.15, 0.2) is 0 Å². The second-order valence-corrected chi connectivity index (χ2v) is 10.1. The zero-order chi connectivity index (χ0) is 23.0. The highest BCUT2D eigenvalue weighted by Crippen LogP contribution is 2.28. The van der Waals surface area contributed by atoms with Crippen molar-refractivity contribution in [3.8, 4) is 5.75 Å². The molecule has 0 amide bonds. The summed E-state index contributed by atoms with van der Waals surface area (Å²) in [7, 11) is 1.67. The number of benzene rings is 2. The Balaban J connectivity index is 1.50. The van der Waals surface area contributed by atoms with Gasteiger partial charge in [-0.05, 0) is 98.4 Å². The molecule has 1 aromatic heterocycles. The number of rotatable bonds is 6. The van der Waals surface area contributed by atoms with Crippen LogP contribution in [0.5, 0.6) is 5.75 Å². The fraction of sp³-hybridized carbons (Fsp3) is 0.464. The third-order valence-electron chi connectivity index (χ3n) is 7.16. The van der Waals surface area contributed by atoms with Gasteiger partial charge in [-0.15, -0.1) is 0 Å². The lowest BCUT2D eigenvalue weighted by Crippen LogP contribution is -2.44. The van der Waals surface area contributed by atoms with E-state index in [9.17, 15) is 4.79 Å². The van der Waals surface area contributed by atoms with Crippen LogP contribution in [0.15, 0.2) is 47.3 Å². The van der Waals surface area contributed by atoms with Gasteiger partial charge in [0.05, 0.1) is 24.8 Å². The summed E-state index contributed by atoms with van der Waals surface area (Å²) in [5.41, 5.74) is 5.76. The monoisotopic (exact) mass is 446 g/mol. The minimum atomic E-state index is -0.117. The van der Waals surface area contributed by atoms with Crippen LogP contribution in [-0.2, 0) is 30.7 Å². The van der Waals surface area contributed by atoms with E-state index in [0.717, 1.165) is 60.1 Å². The maximum Gasteiger partial charge on any atom is 0.255 e. The standard InChI is InChI=1S/C28H34N2O3/c1-28(2)16-24(11-12-33-28)29-17-23-14-22-13-20-5-4-6-21(20)15-26(22)30(27(23)31)18-19-7-9-25(32-3)10-8-19/h7-10,13-15,24,29H,4-6,11-12,16-18H2,1-3H3/t24-/m0/s1. The Morgan fingerprint density at radius 1 is 1.12 bits per heavy atom. The minimum Gasteiger partial charge on any atom is -0.497 e. The molecule has 0 bridgehead atoms. The first kappa shape index (κ1) is 22.2. The van der Waals surface area contributed by atoms with E-state index in [4.69, 9.17) is 9.47 Å². The van der Waals surface area contributed by atoms with Gasteiger partial charge in [0.2, 0.25) is 0 Å². The smallest absolute Gasteiger partial charge is 0.255 e. The molecule has 0 spiro atoms. The Labute approximate surface area is 195 Å². The van der Waals surface area contributed by atoms with Crippen molar-refractivity contribution in [1.82, 2.24) is 9.88 Å². The van der Waals surface area contributed by atoms with Crippen molar-refractivity contribution in [3.05, 3.63) is 75.1 Å². The number of fused-ring (bicyclic) bond motifs is 2. The first-order valence-corrected chi connectivity index (χ1v) is 12.1. The normalized spacial score (nSPS) is 19.5. The van der Waals surface area contributed by atoms with Crippen LogP contribution in [0.25, 0.3) is 10.9 Å². The summed E-state index contributed by atoms with van der Waals surface area (Å²) in [6.07, 6.45) is 5.36. The molecule has 1 aliphatic carbocycles. The van der Waals surface area contributed by atoms with Crippen molar-refractivity contribution in [2.24, 2.45) is 0 Å². The molecule has 5 heteroatoms. The molecule has 3 aromatic rings. The topological polar surface area (TPSA) is 52.5 Å². The van der Waals surface area contributed by atoms with Gasteiger partial charge in [0, 0.05) is 24.8 Å². The molecular weight excluding hydrogens is 412 g/mol. The van der Waals surface area contributed by atoms with Crippen LogP contribution in [0, 0.1) is 0 Å². The average Bonchev–Trinajstić information content (AvgIpc) is 3.26. The van der Waals surface area contributed by atoms with Crippen LogP contribution < -0.4 is 15.6 Å². The van der Waals surface area contributed by atoms with Gasteiger partial charge in [0.25, 0.3) is 5.56 Å². The van der Waals surface area contributed by atoms with Crippen molar-refractivity contribution in [2.45, 2.75) is 70.7 Å². The van der Waals surface area contributed by atoms with E-state index < -0.39 is 0 Å². The van der Waals surface area contributed by atoms with Gasteiger partial charge in [-0.1, -0.05) is 12.1 Å². The highest BCUT2D eigenvalue weighted by Gasteiger charge is 2.28. The lowest BCUT2D eigenvalue weighted by Gasteiger charge is -2.36. The van der Waals surface area contributed by atoms with E-state index in [1.54, 1.807) is 7.11 Å². The number of nitrogens with zero attached hydrogens (tertiary/aromatic N) is 1. The number of ether oxygens (including phenoxy) is 2. The fourth-order valence-corrected chi connectivity index (χ4v) is 5.37. The minimum absolute atomic E-state index is 0.0927. The number of nitrogens with one attached hydrogen (secondary N) is 1. The lowest BCUT2D eigenvalue weighted by molar-refractivity contribution is -0.0630. The molecule has 1 fully saturated rings. The largest absolute Gasteiger partial charge is 0.497 e. The number of hydrogen-bond donors (Lipinski definition) is 1. The van der Waals surface area contributed by atoms with Crippen LogP contribution in [0.4, 0.5) is 0 Å². The van der Waals surface area contributed by atoms with E-state index in [-0.39, 0.29) is 11.2 Å². The SMILES string of the molecule is COc1ccc(Cn2c(=O)c(CN[C@H]3CCOC(C)(C)C3)cc3cc4c(cc32)CCC4)cc1. The second kappa shape index (κ2) is 8.96. The predicted octanol–water partition coefficient (Wildman–Crippen LogP) is 4.59. The number of aryl methyl sites for hydroxylation is 2. The number of hydrogen-bond acceptors (Lipinski definition) is 4. The molecule has 2 aliphatic rings. The molecule has 5 nitrogen and oxygen atoms in total. The van der Waals surface area contributed by atoms with Crippen LogP contribution in [0.1, 0.15) is 55.4 Å². The molecule has 0 unspecified atom stereocenters. The molecule has 174 valence electrons. The second-order valence-electron chi connectivity index (χ2n) is 10.1. The van der Waals surface area contributed by atoms with Gasteiger partial charge in [-0.2, -0.15) is 0 Å². The number of pyridine rings is 1. The Morgan fingerprint density at radius 2 is 1.88 bits per heavy atom. The van der Waals surface area contributed by atoms with Crippen LogP contribution in [0.2, 0.25) is 0 Å². The molecule has 1 saturated heterocycles. The summed E-state index contributed by atoms with van der Waals surface area (Å²) in [5, 5.41) is 4.81. The summed E-state index contributed by atoms with van der Waals surface area (Å²) in [4.78, 5) is 13.7. The predicted molar refractivity (Wildman–Crippen MR) is 132 cm³/mol. The van der Waals surface area contributed by atoms with E-state index in [1.807, 2.05) is 28.8 Å². The van der Waals surface area contributed by atoms with Gasteiger partial charge in [-0.25, -0.2) is 0 Å². The molecule has 5 rings (SSSR count). The number of methoxy groups -OCH3 is 1. The first-order valence-electron chi connectivity index (χ1n) is 12.1. The van der Waals surface area contributed by atoms with Crippen molar-refractivity contribution in [2.75, 3.05) is 13.7 Å². The molecule has 0 saturated carbocycles. The summed E-state index contributed by atoms with van der Waals surface area (Å²) in [6.45, 7) is 6.17. The maximum absolute atomic E-state index is 13.7. The zero-order valence-electron chi connectivity index (χ0n) is 19.9. The summed E-state index contributed by atoms with van der Waals surface area (Å²) in [5.74, 6) is 0.825. The van der Waals surface area contributed by atoms with Crippen molar-refractivity contribution in [3.63, 3.8) is 0 Å². The van der Waals surface area contributed by atoms with Gasteiger partial charge in [-0.3, -0.25) is 4.79 Å². The van der Waals surface area contributed by atoms with Gasteiger partial charge >= 0.3 is 0 Å². The Morgan fingerprint density at radius 3 is 2.61 bits per heavy atom. The van der Waals surface area contributed by atoms with E-state index in [0.29, 0.717) is 19.1 Å². The fourth-order valence-electron chi connectivity index (χ4n) is 5.37. The van der Waals surface area contributed by atoms with Crippen LogP contribution >= 0.6 is 0 Å². The summed E-state index contributed by atoms with van der Waals surface area (Å²) in [6, 6.07) is 15.0. The molecule has 1 aliphatic heterocycles. The Bertz CT molecular complexity index is 1210. The van der Waals surface area contributed by atoms with Crippen LogP contribution in [-0.4, -0.2) is 29.9 Å². The molecule has 33 heavy (non-hydrogen) atoms. The summed E-state index contributed by atoms with van der Waals surface area (Å²) < 4.78 is 13.1. The van der Waals surface area contributed by atoms with Crippen molar-refractivity contribution < 1.29 is 9.47 Å². The van der Waals surface area contributed by atoms with Crippen molar-refractivity contribution in [1.29, 1.82) is 0 Å². The molecule has 2 heterocycles. The molecule has 1 atom stereocenters. The molecule has 2 aromatic carbocycles. The average molecular weight is 447 g/mol. The highest BCUT2D eigenvalue weighted by molar-refractivity contribution is 5.82. The first-order chi connectivity index (χ1) is 15.9. The summed E-state index contributed by atoms with van der Waals surface area (Å²) >= 11 is 0. The zero-order valence-corrected chi connectivity index (χ0v) is 19.9.